The molecule has 0 saturated heterocycles. The van der Waals surface area contributed by atoms with Crippen molar-refractivity contribution in [3.8, 4) is 0 Å². The molecule has 0 radical (unpaired) electrons. The molecule has 0 saturated carbocycles. The molecule has 0 aliphatic heterocycles. The topological polar surface area (TPSA) is 320 Å². The van der Waals surface area contributed by atoms with E-state index in [-0.39, 0.29) is 6.54 Å². The van der Waals surface area contributed by atoms with Crippen molar-refractivity contribution in [2.75, 3.05) is 59.4 Å². The first-order valence-electron chi connectivity index (χ1n) is 12.8. The van der Waals surface area contributed by atoms with Crippen LogP contribution in [0.3, 0.4) is 0 Å². The maximum absolute atomic E-state index is 12.6. The van der Waals surface area contributed by atoms with Gasteiger partial charge in [-0.15, -0.1) is 57.1 Å². The quantitative estimate of drug-likeness (QED) is 0.0197. The summed E-state index contributed by atoms with van der Waals surface area (Å²) < 4.78 is 90.7. The van der Waals surface area contributed by atoms with E-state index in [2.05, 4.69) is 105 Å². The molecule has 6 atom stereocenters. The van der Waals surface area contributed by atoms with Crippen LogP contribution in [0, 0.1) is 11.8 Å². The average Bonchev–Trinajstić information content (AvgIpc) is 3.05. The van der Waals surface area contributed by atoms with Gasteiger partial charge in [-0.1, -0.05) is 0 Å². The molecule has 0 aromatic rings. The number of nitrogens with one attached hydrogen (secondary N) is 1. The van der Waals surface area contributed by atoms with Gasteiger partial charge in [-0.2, -0.15) is 5.54 Å². The molecule has 0 heterocycles. The van der Waals surface area contributed by atoms with Gasteiger partial charge in [-0.25, -0.2) is 4.89 Å². The molecule has 0 spiro atoms. The van der Waals surface area contributed by atoms with E-state index in [1.807, 2.05) is 5.73 Å². The Morgan fingerprint density at radius 3 is 1.71 bits per heavy atom. The monoisotopic (exact) mass is 788 g/mol. The molecule has 48 heavy (non-hydrogen) atoms. The Hall–Kier alpha value is -1.49. The highest BCUT2D eigenvalue weighted by atomic mass is 31.2. The van der Waals surface area contributed by atoms with Crippen molar-refractivity contribution in [3.05, 3.63) is 65.2 Å². The van der Waals surface area contributed by atoms with E-state index in [1.165, 1.54) is 5.54 Å². The van der Waals surface area contributed by atoms with Crippen molar-refractivity contribution < 1.29 is 101 Å². The zero-order valence-electron chi connectivity index (χ0n) is 27.0. The van der Waals surface area contributed by atoms with Crippen LogP contribution in [0.5, 0.6) is 0 Å². The van der Waals surface area contributed by atoms with Crippen LogP contribution in [0.1, 0.15) is 0 Å². The summed E-state index contributed by atoms with van der Waals surface area (Å²) in [7, 11) is -19.3. The number of phosphoric acid groups is 3. The molecule has 6 unspecified atom stereocenters. The van der Waals surface area contributed by atoms with Crippen LogP contribution in [-0.4, -0.2) is 64.3 Å². The first-order valence-corrected chi connectivity index (χ1v) is 18.7. The molecule has 0 aliphatic carbocycles. The fourth-order valence-corrected chi connectivity index (χ4v) is 4.05. The molecular formula is C21H43FN2O20P4-4. The SMILES string of the molecule is C=C.C=C.C=C.C=C.[3H]NCC(COP(=O)([O-])O)COP(=O)([O-])OCC(CNF)COP(=O)([O-])OCCOOOOO/C=C/OP(C)(=O)[O-]. The molecule has 0 aromatic carbocycles. The van der Waals surface area contributed by atoms with Crippen molar-refractivity contribution in [1.29, 1.82) is 0 Å². The van der Waals surface area contributed by atoms with Crippen LogP contribution >= 0.6 is 31.1 Å². The van der Waals surface area contributed by atoms with Crippen molar-refractivity contribution in [2.24, 2.45) is 17.6 Å². The predicted octanol–water partition coefficient (Wildman–Crippen LogP) is 0.755. The lowest BCUT2D eigenvalue weighted by Gasteiger charge is -2.28. The Bertz CT molecular complexity index is 988. The Kier molecular flexibility index (Phi) is 39.2. The summed E-state index contributed by atoms with van der Waals surface area (Å²) >= 11 is 0. The van der Waals surface area contributed by atoms with Gasteiger partial charge in [0.25, 0.3) is 23.5 Å². The van der Waals surface area contributed by atoms with Crippen molar-refractivity contribution in [3.63, 3.8) is 0 Å². The fourth-order valence-electron chi connectivity index (χ4n) is 1.75. The van der Waals surface area contributed by atoms with E-state index >= 15 is 0 Å². The molecule has 0 amide bonds. The molecule has 27 heteroatoms. The molecule has 4 N–H and O–H groups in total. The first-order chi connectivity index (χ1) is 23.0. The van der Waals surface area contributed by atoms with Crippen molar-refractivity contribution in [1.82, 2.24) is 5.54 Å². The highest BCUT2D eigenvalue weighted by Gasteiger charge is 2.21. The van der Waals surface area contributed by atoms with Gasteiger partial charge in [0.15, 0.2) is 13.9 Å². The fraction of sp³-hybridized carbons (Fsp3) is 0.524. The predicted molar refractivity (Wildman–Crippen MR) is 159 cm³/mol. The normalized spacial score (nSPS) is 17.0. The summed E-state index contributed by atoms with van der Waals surface area (Å²) in [6.45, 7) is 19.4. The summed E-state index contributed by atoms with van der Waals surface area (Å²) in [6.07, 6.45) is 1.20. The molecular weight excluding hydrogens is 743 g/mol. The molecule has 0 bridgehead atoms. The van der Waals surface area contributed by atoms with E-state index in [0.29, 0.717) is 12.5 Å². The van der Waals surface area contributed by atoms with Crippen molar-refractivity contribution in [2.45, 2.75) is 0 Å². The number of phosphoric ester groups is 3. The van der Waals surface area contributed by atoms with Crippen molar-refractivity contribution >= 4 is 31.1 Å². The van der Waals surface area contributed by atoms with Crippen LogP contribution in [0.15, 0.2) is 65.2 Å². The maximum atomic E-state index is 12.6. The number of rotatable bonds is 27. The third kappa shape index (κ3) is 44.5. The van der Waals surface area contributed by atoms with E-state index in [0.717, 1.165) is 6.66 Å². The van der Waals surface area contributed by atoms with E-state index in [9.17, 15) is 42.3 Å². The summed E-state index contributed by atoms with van der Waals surface area (Å²) in [4.78, 5) is 62.0. The summed E-state index contributed by atoms with van der Waals surface area (Å²) in [5, 5.41) is 11.6. The summed E-state index contributed by atoms with van der Waals surface area (Å²) in [5.41, 5.74) is 3.05. The molecule has 288 valence electrons. The largest absolute Gasteiger partial charge is 0.769 e. The average molecular weight is 788 g/mol. The summed E-state index contributed by atoms with van der Waals surface area (Å²) in [6, 6.07) is 0. The minimum atomic E-state index is -5.12. The minimum Gasteiger partial charge on any atom is -0.769 e. The summed E-state index contributed by atoms with van der Waals surface area (Å²) in [5.74, 6) is -2.27. The van der Waals surface area contributed by atoms with Gasteiger partial charge >= 0.3 is 0 Å². The van der Waals surface area contributed by atoms with Gasteiger partial charge < -0.3 is 62.2 Å². The Morgan fingerprint density at radius 2 is 1.25 bits per heavy atom. The van der Waals surface area contributed by atoms with Crippen LogP contribution in [0.25, 0.3) is 0 Å². The smallest absolute Gasteiger partial charge is 0.267 e. The van der Waals surface area contributed by atoms with Gasteiger partial charge in [0.1, 0.15) is 14.3 Å². The standard InChI is InChI=1S/C13H31FN2O20P4.4C2H4/c1-37(17,18)28-4-2-26-34-36-35-27-3-5-29-39(22,23)32-10-13(7-16-14)11-33-40(24,25)31-9-12(6-15)8-30-38(19,20)21;4*1-2/h2,4,12-13,16H,3,5-11,15H2,1H3,(H,17,18)(H,22,23)(H,24,25)(H2,19,20,21);4*1-2H2/p-4/b4-2+;;;;/i/hT. The maximum Gasteiger partial charge on any atom is 0.267 e. The van der Waals surface area contributed by atoms with Gasteiger partial charge in [0.2, 0.25) is 0 Å². The van der Waals surface area contributed by atoms with E-state index in [4.69, 9.17) is 6.31 Å². The van der Waals surface area contributed by atoms with E-state index < -0.39 is 89.1 Å². The van der Waals surface area contributed by atoms with Gasteiger partial charge in [0.05, 0.1) is 33.0 Å². The molecule has 0 aliphatic rings. The molecule has 0 rings (SSSR count). The highest BCUT2D eigenvalue weighted by molar-refractivity contribution is 7.50. The second-order valence-electron chi connectivity index (χ2n) is 6.92. The number of hydrogen-bond donors (Lipinski definition) is 3. The highest BCUT2D eigenvalue weighted by Crippen LogP contribution is 2.41. The Labute approximate surface area is 279 Å². The lowest BCUT2D eigenvalue weighted by atomic mass is 10.2. The second kappa shape index (κ2) is 35.3. The number of halogens is 1. The zero-order chi connectivity index (χ0) is 39.4. The van der Waals surface area contributed by atoms with Crippen LogP contribution < -0.4 is 30.8 Å². The van der Waals surface area contributed by atoms with Gasteiger partial charge in [-0.3, -0.25) is 18.3 Å². The first kappa shape index (κ1) is 53.3. The van der Waals surface area contributed by atoms with Gasteiger partial charge in [0, 0.05) is 35.1 Å². The lowest BCUT2D eigenvalue weighted by molar-refractivity contribution is -0.700. The zero-order valence-corrected chi connectivity index (χ0v) is 29.6. The van der Waals surface area contributed by atoms with Gasteiger partial charge in [-0.05, 0) is 11.6 Å². The molecule has 22 nitrogen and oxygen atoms in total. The molecule has 0 aromatic heterocycles. The molecule has 0 fully saturated rings. The number of nitrogens with two attached hydrogens (primary N) is 1. The second-order valence-corrected chi connectivity index (χ2v) is 12.7. The number of hydrogen-bond acceptors (Lipinski definition) is 21. The Balaban J connectivity index is -0.000000746. The van der Waals surface area contributed by atoms with Crippen LogP contribution in [0.4, 0.5) is 4.48 Å². The van der Waals surface area contributed by atoms with Crippen LogP contribution in [0.2, 0.25) is 1.41 Å². The Morgan fingerprint density at radius 1 is 0.771 bits per heavy atom. The van der Waals surface area contributed by atoms with Crippen LogP contribution in [-0.2, 0) is 70.3 Å². The third-order valence-corrected chi connectivity index (χ3v) is 6.33. The van der Waals surface area contributed by atoms with E-state index in [1.54, 1.807) is 0 Å². The lowest BCUT2D eigenvalue weighted by Crippen LogP contribution is -2.28. The minimum absolute atomic E-state index is 0.309. The third-order valence-electron chi connectivity index (χ3n) is 3.46.